The highest BCUT2D eigenvalue weighted by Gasteiger charge is 2.11. The lowest BCUT2D eigenvalue weighted by Gasteiger charge is -2.03. The van der Waals surface area contributed by atoms with Crippen molar-refractivity contribution in [1.29, 1.82) is 0 Å². The normalized spacial score (nSPS) is 10.9. The average molecular weight is 345 g/mol. The van der Waals surface area contributed by atoms with Crippen LogP contribution in [0.1, 0.15) is 21.5 Å². The molecule has 0 N–H and O–H groups in total. The van der Waals surface area contributed by atoms with Crippen LogP contribution in [0.5, 0.6) is 0 Å². The summed E-state index contributed by atoms with van der Waals surface area (Å²) in [5, 5.41) is 3.28. The van der Waals surface area contributed by atoms with Gasteiger partial charge in [-0.3, -0.25) is 4.79 Å². The van der Waals surface area contributed by atoms with Crippen molar-refractivity contribution < 1.29 is 4.79 Å². The van der Waals surface area contributed by atoms with E-state index in [1.165, 1.54) is 10.1 Å². The zero-order valence-corrected chi connectivity index (χ0v) is 13.4. The fourth-order valence-corrected chi connectivity index (χ4v) is 3.55. The second kappa shape index (κ2) is 5.51. The molecule has 0 saturated heterocycles. The number of carbonyl (C=O) groups excluding carboxylic acids is 1. The molecule has 1 heterocycles. The smallest absolute Gasteiger partial charge is 0.167 e. The van der Waals surface area contributed by atoms with E-state index in [9.17, 15) is 4.79 Å². The Morgan fingerprint density at radius 1 is 1.20 bits per heavy atom. The first-order valence-corrected chi connectivity index (χ1v) is 8.07. The molecule has 1 nitrogen and oxygen atoms in total. The number of carbonyl (C=O) groups is 1. The Labute approximate surface area is 130 Å². The first kappa shape index (κ1) is 13.5. The van der Waals surface area contributed by atoms with Crippen LogP contribution >= 0.6 is 27.3 Å². The summed E-state index contributed by atoms with van der Waals surface area (Å²) in [4.78, 5) is 12.4. The SMILES string of the molecule is Cc1ccc(C(=O)Cc2csc3ccccc23)cc1Br. The fraction of sp³-hybridized carbons (Fsp3) is 0.118. The van der Waals surface area contributed by atoms with Gasteiger partial charge >= 0.3 is 0 Å². The number of aryl methyl sites for hydroxylation is 1. The van der Waals surface area contributed by atoms with Crippen molar-refractivity contribution in [1.82, 2.24) is 0 Å². The predicted octanol–water partition coefficient (Wildman–Crippen LogP) is 5.40. The van der Waals surface area contributed by atoms with Crippen LogP contribution in [0, 0.1) is 6.92 Å². The Hall–Kier alpha value is -1.45. The van der Waals surface area contributed by atoms with Gasteiger partial charge in [0.15, 0.2) is 5.78 Å². The van der Waals surface area contributed by atoms with Gasteiger partial charge in [-0.2, -0.15) is 0 Å². The highest BCUT2D eigenvalue weighted by atomic mass is 79.9. The predicted molar refractivity (Wildman–Crippen MR) is 88.7 cm³/mol. The molecule has 0 atom stereocenters. The molecule has 0 unspecified atom stereocenters. The number of thiophene rings is 1. The van der Waals surface area contributed by atoms with Crippen molar-refractivity contribution in [3.8, 4) is 0 Å². The van der Waals surface area contributed by atoms with Gasteiger partial charge in [-0.1, -0.05) is 46.3 Å². The standard InChI is InChI=1S/C17H13BrOS/c1-11-6-7-12(8-15(11)18)16(19)9-13-10-20-17-5-3-2-4-14(13)17/h2-8,10H,9H2,1H3. The van der Waals surface area contributed by atoms with Crippen molar-refractivity contribution in [2.24, 2.45) is 0 Å². The lowest BCUT2D eigenvalue weighted by atomic mass is 10.0. The molecule has 1 aromatic heterocycles. The highest BCUT2D eigenvalue weighted by molar-refractivity contribution is 9.10. The molecule has 3 aromatic rings. The maximum absolute atomic E-state index is 12.4. The summed E-state index contributed by atoms with van der Waals surface area (Å²) in [5.74, 6) is 0.161. The molecule has 3 heteroatoms. The molecular formula is C17H13BrOS. The van der Waals surface area contributed by atoms with Crippen molar-refractivity contribution in [3.05, 3.63) is 69.0 Å². The Balaban J connectivity index is 1.90. The van der Waals surface area contributed by atoms with Crippen molar-refractivity contribution in [2.75, 3.05) is 0 Å². The molecule has 0 fully saturated rings. The Morgan fingerprint density at radius 3 is 2.80 bits per heavy atom. The summed E-state index contributed by atoms with van der Waals surface area (Å²) in [6, 6.07) is 14.0. The fourth-order valence-electron chi connectivity index (χ4n) is 2.21. The van der Waals surface area contributed by atoms with Crippen LogP contribution in [-0.2, 0) is 6.42 Å². The van der Waals surface area contributed by atoms with Gasteiger partial charge in [0.1, 0.15) is 0 Å². The first-order valence-electron chi connectivity index (χ1n) is 6.39. The second-order valence-electron chi connectivity index (χ2n) is 4.82. The maximum Gasteiger partial charge on any atom is 0.167 e. The minimum Gasteiger partial charge on any atom is -0.294 e. The molecule has 20 heavy (non-hydrogen) atoms. The number of hydrogen-bond donors (Lipinski definition) is 0. The summed E-state index contributed by atoms with van der Waals surface area (Å²) in [6.07, 6.45) is 0.458. The van der Waals surface area contributed by atoms with Crippen LogP contribution in [-0.4, -0.2) is 5.78 Å². The maximum atomic E-state index is 12.4. The second-order valence-corrected chi connectivity index (χ2v) is 6.59. The molecule has 0 aliphatic carbocycles. The number of hydrogen-bond acceptors (Lipinski definition) is 2. The summed E-state index contributed by atoms with van der Waals surface area (Å²) < 4.78 is 2.22. The van der Waals surface area contributed by atoms with E-state index in [-0.39, 0.29) is 5.78 Å². The minimum absolute atomic E-state index is 0.161. The Morgan fingerprint density at radius 2 is 2.00 bits per heavy atom. The largest absolute Gasteiger partial charge is 0.294 e. The molecule has 0 aliphatic rings. The summed E-state index contributed by atoms with van der Waals surface area (Å²) in [6.45, 7) is 2.02. The van der Waals surface area contributed by atoms with Crippen molar-refractivity contribution in [3.63, 3.8) is 0 Å². The lowest BCUT2D eigenvalue weighted by molar-refractivity contribution is 0.0993. The molecule has 0 saturated carbocycles. The third-order valence-electron chi connectivity index (χ3n) is 3.41. The van der Waals surface area contributed by atoms with Gasteiger partial charge in [0.2, 0.25) is 0 Å². The third-order valence-corrected chi connectivity index (χ3v) is 5.27. The Bertz CT molecular complexity index is 789. The van der Waals surface area contributed by atoms with Crippen LogP contribution in [0.25, 0.3) is 10.1 Å². The quantitative estimate of drug-likeness (QED) is 0.581. The van der Waals surface area contributed by atoms with Gasteiger partial charge in [-0.15, -0.1) is 11.3 Å². The minimum atomic E-state index is 0.161. The molecule has 0 radical (unpaired) electrons. The average Bonchev–Trinajstić information content (AvgIpc) is 2.85. The van der Waals surface area contributed by atoms with Gasteiger partial charge in [0.05, 0.1) is 0 Å². The van der Waals surface area contributed by atoms with E-state index in [1.54, 1.807) is 11.3 Å². The van der Waals surface area contributed by atoms with E-state index >= 15 is 0 Å². The topological polar surface area (TPSA) is 17.1 Å². The van der Waals surface area contributed by atoms with Crippen LogP contribution in [0.4, 0.5) is 0 Å². The van der Waals surface area contributed by atoms with Gasteiger partial charge < -0.3 is 0 Å². The van der Waals surface area contributed by atoms with Gasteiger partial charge in [-0.25, -0.2) is 0 Å². The molecule has 100 valence electrons. The van der Waals surface area contributed by atoms with E-state index in [0.29, 0.717) is 6.42 Å². The van der Waals surface area contributed by atoms with E-state index in [2.05, 4.69) is 33.4 Å². The molecule has 0 aliphatic heterocycles. The number of fused-ring (bicyclic) bond motifs is 1. The number of benzene rings is 2. The molecule has 0 spiro atoms. The van der Waals surface area contributed by atoms with Gasteiger partial charge in [-0.05, 0) is 40.9 Å². The Kier molecular flexibility index (Phi) is 3.72. The van der Waals surface area contributed by atoms with Gasteiger partial charge in [0.25, 0.3) is 0 Å². The van der Waals surface area contributed by atoms with E-state index in [4.69, 9.17) is 0 Å². The summed E-state index contributed by atoms with van der Waals surface area (Å²) in [5.41, 5.74) is 3.02. The molecule has 3 rings (SSSR count). The molecular weight excluding hydrogens is 332 g/mol. The van der Waals surface area contributed by atoms with Crippen LogP contribution in [0.15, 0.2) is 52.3 Å². The highest BCUT2D eigenvalue weighted by Crippen LogP contribution is 2.27. The third kappa shape index (κ3) is 2.56. The first-order chi connectivity index (χ1) is 9.65. The van der Waals surface area contributed by atoms with Crippen molar-refractivity contribution >= 4 is 43.1 Å². The molecule has 2 aromatic carbocycles. The monoisotopic (exact) mass is 344 g/mol. The zero-order valence-electron chi connectivity index (χ0n) is 11.0. The van der Waals surface area contributed by atoms with E-state index in [1.807, 2.05) is 37.3 Å². The summed E-state index contributed by atoms with van der Waals surface area (Å²) in [7, 11) is 0. The van der Waals surface area contributed by atoms with E-state index < -0.39 is 0 Å². The van der Waals surface area contributed by atoms with Crippen LogP contribution in [0.2, 0.25) is 0 Å². The van der Waals surface area contributed by atoms with Crippen molar-refractivity contribution in [2.45, 2.75) is 13.3 Å². The number of ketones is 1. The lowest BCUT2D eigenvalue weighted by Crippen LogP contribution is -2.03. The molecule has 0 amide bonds. The number of Topliss-reactive ketones (excluding diaryl/α,β-unsaturated/α-hetero) is 1. The van der Waals surface area contributed by atoms with E-state index in [0.717, 1.165) is 21.2 Å². The number of rotatable bonds is 3. The van der Waals surface area contributed by atoms with Crippen LogP contribution < -0.4 is 0 Å². The van der Waals surface area contributed by atoms with Crippen LogP contribution in [0.3, 0.4) is 0 Å². The number of halogens is 1. The zero-order chi connectivity index (χ0) is 14.1. The summed E-state index contributed by atoms with van der Waals surface area (Å²) >= 11 is 5.18. The molecule has 0 bridgehead atoms. The van der Waals surface area contributed by atoms with Gasteiger partial charge in [0, 0.05) is 21.2 Å².